The van der Waals surface area contributed by atoms with Gasteiger partial charge in [0, 0.05) is 23.9 Å². The van der Waals surface area contributed by atoms with E-state index in [1.54, 1.807) is 24.3 Å². The fourth-order valence-corrected chi connectivity index (χ4v) is 2.72. The molecule has 6 heteroatoms. The van der Waals surface area contributed by atoms with E-state index < -0.39 is 11.8 Å². The monoisotopic (exact) mass is 341 g/mol. The summed E-state index contributed by atoms with van der Waals surface area (Å²) in [4.78, 5) is 23.6. The van der Waals surface area contributed by atoms with E-state index in [9.17, 15) is 14.7 Å². The number of nitrogens with two attached hydrogens (primary N) is 2. The summed E-state index contributed by atoms with van der Waals surface area (Å²) in [6, 6.07) is 13.6. The van der Waals surface area contributed by atoms with Crippen LogP contribution in [0.1, 0.15) is 37.2 Å². The summed E-state index contributed by atoms with van der Waals surface area (Å²) in [6.07, 6.45) is 2.17. The van der Waals surface area contributed by atoms with Crippen molar-refractivity contribution in [3.8, 4) is 5.75 Å². The molecule has 0 spiro atoms. The molecule has 0 aliphatic heterocycles. The average molecular weight is 341 g/mol. The third-order valence-corrected chi connectivity index (χ3v) is 3.99. The summed E-state index contributed by atoms with van der Waals surface area (Å²) in [5.74, 6) is -0.902. The number of amides is 2. The predicted molar refractivity (Wildman–Crippen MR) is 98.0 cm³/mol. The maximum absolute atomic E-state index is 11.9. The maximum atomic E-state index is 11.9. The topological polar surface area (TPSA) is 118 Å². The Balaban J connectivity index is 1.81. The molecule has 1 unspecified atom stereocenters. The van der Waals surface area contributed by atoms with Crippen LogP contribution >= 0.6 is 0 Å². The number of phenols is 1. The summed E-state index contributed by atoms with van der Waals surface area (Å²) in [6.45, 7) is 0. The van der Waals surface area contributed by atoms with Gasteiger partial charge in [0.1, 0.15) is 5.75 Å². The third kappa shape index (κ3) is 5.53. The van der Waals surface area contributed by atoms with E-state index in [4.69, 9.17) is 11.5 Å². The summed E-state index contributed by atoms with van der Waals surface area (Å²) in [7, 11) is 0. The molecule has 0 aromatic heterocycles. The molecule has 1 atom stereocenters. The van der Waals surface area contributed by atoms with Gasteiger partial charge in [-0.3, -0.25) is 9.59 Å². The Morgan fingerprint density at radius 1 is 1.08 bits per heavy atom. The molecular weight excluding hydrogens is 318 g/mol. The highest BCUT2D eigenvalue weighted by atomic mass is 16.3. The van der Waals surface area contributed by atoms with Gasteiger partial charge in [-0.25, -0.2) is 0 Å². The minimum Gasteiger partial charge on any atom is -0.508 e. The van der Waals surface area contributed by atoms with Crippen molar-refractivity contribution in [2.75, 3.05) is 11.1 Å². The smallest absolute Gasteiger partial charge is 0.225 e. The lowest BCUT2D eigenvalue weighted by Gasteiger charge is -2.15. The minimum atomic E-state index is -0.449. The van der Waals surface area contributed by atoms with Crippen LogP contribution in [0.3, 0.4) is 0 Å². The van der Waals surface area contributed by atoms with Crippen molar-refractivity contribution in [2.24, 2.45) is 5.73 Å². The van der Waals surface area contributed by atoms with E-state index in [1.807, 2.05) is 12.1 Å². The zero-order valence-corrected chi connectivity index (χ0v) is 13.9. The molecule has 2 rings (SSSR count). The molecule has 0 aliphatic rings. The van der Waals surface area contributed by atoms with Crippen molar-refractivity contribution in [1.29, 1.82) is 0 Å². The molecular formula is C19H23N3O3. The summed E-state index contributed by atoms with van der Waals surface area (Å²) in [5, 5.41) is 12.1. The molecule has 132 valence electrons. The molecule has 0 fully saturated rings. The van der Waals surface area contributed by atoms with Crippen LogP contribution in [0.15, 0.2) is 48.5 Å². The number of rotatable bonds is 8. The SMILES string of the molecule is NC(=O)C(CCCCC(=O)Nc1cccc(O)c1)c1ccccc1N. The lowest BCUT2D eigenvalue weighted by Crippen LogP contribution is -2.22. The molecule has 0 aliphatic carbocycles. The fourth-order valence-electron chi connectivity index (χ4n) is 2.72. The van der Waals surface area contributed by atoms with Gasteiger partial charge in [-0.1, -0.05) is 30.7 Å². The Hall–Kier alpha value is -3.02. The van der Waals surface area contributed by atoms with Crippen molar-refractivity contribution in [3.05, 3.63) is 54.1 Å². The second kappa shape index (κ2) is 8.73. The van der Waals surface area contributed by atoms with Crippen LogP contribution in [0.5, 0.6) is 5.75 Å². The van der Waals surface area contributed by atoms with E-state index in [1.165, 1.54) is 12.1 Å². The van der Waals surface area contributed by atoms with Gasteiger partial charge >= 0.3 is 0 Å². The van der Waals surface area contributed by atoms with Crippen LogP contribution in [0.25, 0.3) is 0 Å². The van der Waals surface area contributed by atoms with E-state index >= 15 is 0 Å². The Bertz CT molecular complexity index is 746. The van der Waals surface area contributed by atoms with Gasteiger partial charge < -0.3 is 21.9 Å². The fraction of sp³-hybridized carbons (Fsp3) is 0.263. The molecule has 2 amide bonds. The molecule has 0 saturated heterocycles. The number of primary amides is 1. The van der Waals surface area contributed by atoms with Crippen molar-refractivity contribution < 1.29 is 14.7 Å². The molecule has 0 saturated carbocycles. The average Bonchev–Trinajstić information content (AvgIpc) is 2.55. The van der Waals surface area contributed by atoms with Gasteiger partial charge in [0.15, 0.2) is 0 Å². The predicted octanol–water partition coefficient (Wildman–Crippen LogP) is 2.74. The van der Waals surface area contributed by atoms with Crippen LogP contribution in [0, 0.1) is 0 Å². The number of phenolic OH excluding ortho intramolecular Hbond substituents is 1. The van der Waals surface area contributed by atoms with E-state index in [0.29, 0.717) is 37.1 Å². The number of aromatic hydroxyl groups is 1. The van der Waals surface area contributed by atoms with E-state index in [-0.39, 0.29) is 11.7 Å². The number of hydrogen-bond acceptors (Lipinski definition) is 4. The summed E-state index contributed by atoms with van der Waals surface area (Å²) < 4.78 is 0. The van der Waals surface area contributed by atoms with Crippen LogP contribution in [-0.2, 0) is 9.59 Å². The second-order valence-electron chi connectivity index (χ2n) is 5.93. The summed E-state index contributed by atoms with van der Waals surface area (Å²) in [5.41, 5.74) is 13.3. The number of carbonyl (C=O) groups is 2. The number of nitrogens with one attached hydrogen (secondary N) is 1. The van der Waals surface area contributed by atoms with Gasteiger partial charge in [0.25, 0.3) is 0 Å². The van der Waals surface area contributed by atoms with Gasteiger partial charge in [0.05, 0.1) is 5.92 Å². The standard InChI is InChI=1S/C19H23N3O3/c20-17-10-3-1-8-15(17)16(19(21)25)9-2-4-11-18(24)22-13-6-5-7-14(23)12-13/h1,3,5-8,10,12,16,23H,2,4,9,11,20H2,(H2,21,25)(H,22,24). The van der Waals surface area contributed by atoms with Crippen molar-refractivity contribution in [1.82, 2.24) is 0 Å². The number of nitrogen functional groups attached to an aromatic ring is 1. The quantitative estimate of drug-likeness (QED) is 0.436. The number of anilines is 2. The zero-order valence-electron chi connectivity index (χ0n) is 13.9. The number of benzene rings is 2. The maximum Gasteiger partial charge on any atom is 0.225 e. The highest BCUT2D eigenvalue weighted by Gasteiger charge is 2.19. The molecule has 6 nitrogen and oxygen atoms in total. The Morgan fingerprint density at radius 2 is 1.84 bits per heavy atom. The number of unbranched alkanes of at least 4 members (excludes halogenated alkanes) is 1. The Kier molecular flexibility index (Phi) is 6.39. The lowest BCUT2D eigenvalue weighted by atomic mass is 9.91. The minimum absolute atomic E-state index is 0.0996. The molecule has 0 bridgehead atoms. The molecule has 25 heavy (non-hydrogen) atoms. The Morgan fingerprint density at radius 3 is 2.52 bits per heavy atom. The van der Waals surface area contributed by atoms with Crippen LogP contribution in [-0.4, -0.2) is 16.9 Å². The largest absolute Gasteiger partial charge is 0.508 e. The molecule has 2 aromatic rings. The lowest BCUT2D eigenvalue weighted by molar-refractivity contribution is -0.119. The van der Waals surface area contributed by atoms with Crippen molar-refractivity contribution in [3.63, 3.8) is 0 Å². The highest BCUT2D eigenvalue weighted by molar-refractivity contribution is 5.90. The molecule has 2 aromatic carbocycles. The normalized spacial score (nSPS) is 11.7. The Labute approximate surface area is 146 Å². The van der Waals surface area contributed by atoms with Crippen LogP contribution in [0.2, 0.25) is 0 Å². The molecule has 6 N–H and O–H groups in total. The summed E-state index contributed by atoms with van der Waals surface area (Å²) >= 11 is 0. The first-order chi connectivity index (χ1) is 12.0. The van der Waals surface area contributed by atoms with Gasteiger partial charge in [-0.05, 0) is 36.6 Å². The molecule has 0 radical (unpaired) electrons. The van der Waals surface area contributed by atoms with Gasteiger partial charge in [-0.15, -0.1) is 0 Å². The zero-order chi connectivity index (χ0) is 18.2. The van der Waals surface area contributed by atoms with Crippen LogP contribution in [0.4, 0.5) is 11.4 Å². The van der Waals surface area contributed by atoms with Crippen molar-refractivity contribution >= 4 is 23.2 Å². The molecule has 0 heterocycles. The van der Waals surface area contributed by atoms with Crippen LogP contribution < -0.4 is 16.8 Å². The number of carbonyl (C=O) groups excluding carboxylic acids is 2. The van der Waals surface area contributed by atoms with E-state index in [2.05, 4.69) is 5.32 Å². The van der Waals surface area contributed by atoms with Gasteiger partial charge in [-0.2, -0.15) is 0 Å². The third-order valence-electron chi connectivity index (χ3n) is 3.99. The van der Waals surface area contributed by atoms with Gasteiger partial charge in [0.2, 0.25) is 11.8 Å². The first kappa shape index (κ1) is 18.3. The number of para-hydroxylation sites is 1. The van der Waals surface area contributed by atoms with Crippen molar-refractivity contribution in [2.45, 2.75) is 31.6 Å². The van der Waals surface area contributed by atoms with E-state index in [0.717, 1.165) is 5.56 Å². The first-order valence-electron chi connectivity index (χ1n) is 8.20. The number of hydrogen-bond donors (Lipinski definition) is 4. The second-order valence-corrected chi connectivity index (χ2v) is 5.93. The first-order valence-corrected chi connectivity index (χ1v) is 8.20. The highest BCUT2D eigenvalue weighted by Crippen LogP contribution is 2.27.